The van der Waals surface area contributed by atoms with E-state index in [2.05, 4.69) is 50.3 Å². The normalized spacial score (nSPS) is 12.9. The average molecular weight is 1140 g/mol. The van der Waals surface area contributed by atoms with Gasteiger partial charge in [0.05, 0.1) is 34.4 Å². The number of carbonyl (C=O) groups is 3. The van der Waals surface area contributed by atoms with Gasteiger partial charge in [0.15, 0.2) is 6.10 Å². The van der Waals surface area contributed by atoms with Crippen molar-refractivity contribution in [1.82, 2.24) is 0 Å². The zero-order valence-corrected chi connectivity index (χ0v) is 54.5. The first kappa shape index (κ1) is 78.5. The van der Waals surface area contributed by atoms with Crippen LogP contribution in [0.5, 0.6) is 0 Å². The SMILES string of the molecule is CCCCCCC/C=C\C/C=C\CCCCCCCCCCCCCCCCCC(=O)OC(COC(=O)CCCCCCCCCCCCCCCCCCC/C=C\CCCCCCCCCC)COC(OCC[N+](C)(C)C)C(=O)O. The van der Waals surface area contributed by atoms with Crippen LogP contribution < -0.4 is 0 Å². The molecule has 9 nitrogen and oxygen atoms in total. The molecular weight excluding hydrogens is 1010 g/mol. The minimum atomic E-state index is -1.51. The number of hydrogen-bond acceptors (Lipinski definition) is 7. The van der Waals surface area contributed by atoms with E-state index in [0.29, 0.717) is 17.4 Å². The fourth-order valence-electron chi connectivity index (χ4n) is 10.5. The van der Waals surface area contributed by atoms with E-state index in [0.717, 1.165) is 44.9 Å². The lowest BCUT2D eigenvalue weighted by Gasteiger charge is -2.25. The minimum Gasteiger partial charge on any atom is -0.477 e. The average Bonchev–Trinajstić information content (AvgIpc) is 3.44. The summed E-state index contributed by atoms with van der Waals surface area (Å²) in [6.45, 7) is 4.93. The summed E-state index contributed by atoms with van der Waals surface area (Å²) < 4.78 is 23.0. The number of allylic oxidation sites excluding steroid dienone is 6. The van der Waals surface area contributed by atoms with Gasteiger partial charge in [0.1, 0.15) is 13.2 Å². The smallest absolute Gasteiger partial charge is 0.361 e. The molecule has 9 heteroatoms. The van der Waals surface area contributed by atoms with E-state index in [1.165, 1.54) is 276 Å². The van der Waals surface area contributed by atoms with Crippen molar-refractivity contribution >= 4 is 17.9 Å². The fourth-order valence-corrected chi connectivity index (χ4v) is 10.5. The molecule has 0 aromatic rings. The fraction of sp³-hybridized carbons (Fsp3) is 0.875. The van der Waals surface area contributed by atoms with Crippen molar-refractivity contribution in [3.63, 3.8) is 0 Å². The van der Waals surface area contributed by atoms with Crippen LogP contribution in [0.3, 0.4) is 0 Å². The lowest BCUT2D eigenvalue weighted by molar-refractivity contribution is -0.870. The monoisotopic (exact) mass is 1140 g/mol. The quantitative estimate of drug-likeness (QED) is 0.0211. The van der Waals surface area contributed by atoms with E-state index in [1.807, 2.05) is 21.1 Å². The predicted octanol–water partition coefficient (Wildman–Crippen LogP) is 21.6. The largest absolute Gasteiger partial charge is 0.477 e. The third-order valence-electron chi connectivity index (χ3n) is 15.9. The molecule has 0 aliphatic carbocycles. The van der Waals surface area contributed by atoms with Crippen LogP contribution in [-0.4, -0.2) is 87.4 Å². The Hall–Kier alpha value is -2.49. The van der Waals surface area contributed by atoms with E-state index in [4.69, 9.17) is 18.9 Å². The molecule has 1 N–H and O–H groups in total. The molecule has 0 aromatic carbocycles. The van der Waals surface area contributed by atoms with Gasteiger partial charge in [-0.3, -0.25) is 9.59 Å². The van der Waals surface area contributed by atoms with Gasteiger partial charge in [-0.05, 0) is 70.6 Å². The van der Waals surface area contributed by atoms with Crippen molar-refractivity contribution in [2.75, 3.05) is 47.5 Å². The van der Waals surface area contributed by atoms with Crippen molar-refractivity contribution in [2.24, 2.45) is 0 Å². The van der Waals surface area contributed by atoms with E-state index in [9.17, 15) is 19.5 Å². The Kier molecular flexibility index (Phi) is 61.6. The van der Waals surface area contributed by atoms with Crippen molar-refractivity contribution in [2.45, 2.75) is 360 Å². The molecule has 0 spiro atoms. The van der Waals surface area contributed by atoms with Crippen molar-refractivity contribution in [1.29, 1.82) is 0 Å². The molecular formula is C72H136NO8+. The number of carbonyl (C=O) groups excluding carboxylic acids is 2. The van der Waals surface area contributed by atoms with Crippen LogP contribution in [0.2, 0.25) is 0 Å². The summed E-state index contributed by atoms with van der Waals surface area (Å²) in [5, 5.41) is 9.74. The molecule has 2 atom stereocenters. The number of unbranched alkanes of at least 4 members (excludes halogenated alkanes) is 45. The Balaban J connectivity index is 4.08. The summed E-state index contributed by atoms with van der Waals surface area (Å²) in [5.41, 5.74) is 0. The molecule has 0 aliphatic rings. The summed E-state index contributed by atoms with van der Waals surface area (Å²) >= 11 is 0. The van der Waals surface area contributed by atoms with Crippen LogP contribution in [0.15, 0.2) is 36.5 Å². The number of carboxylic acid groups (broad SMARTS) is 1. The maximum absolute atomic E-state index is 12.9. The van der Waals surface area contributed by atoms with Gasteiger partial charge < -0.3 is 28.5 Å². The van der Waals surface area contributed by atoms with Gasteiger partial charge in [-0.25, -0.2) is 4.79 Å². The highest BCUT2D eigenvalue weighted by atomic mass is 16.7. The van der Waals surface area contributed by atoms with Crippen LogP contribution in [0, 0.1) is 0 Å². The number of ether oxygens (including phenoxy) is 4. The third kappa shape index (κ3) is 64.9. The number of quaternary nitrogens is 1. The Morgan fingerprint density at radius 2 is 0.667 bits per heavy atom. The second-order valence-corrected chi connectivity index (χ2v) is 25.2. The van der Waals surface area contributed by atoms with E-state index < -0.39 is 18.4 Å². The number of likely N-dealkylation sites (N-methyl/N-ethyl adjacent to an activating group) is 1. The molecule has 0 aliphatic heterocycles. The highest BCUT2D eigenvalue weighted by Crippen LogP contribution is 2.18. The molecule has 2 unspecified atom stereocenters. The van der Waals surface area contributed by atoms with Crippen LogP contribution in [0.4, 0.5) is 0 Å². The summed E-state index contributed by atoms with van der Waals surface area (Å²) in [6, 6.07) is 0. The Morgan fingerprint density at radius 3 is 0.988 bits per heavy atom. The first-order chi connectivity index (χ1) is 39.6. The second kappa shape index (κ2) is 63.5. The number of nitrogens with zero attached hydrogens (tertiary/aromatic N) is 1. The molecule has 0 heterocycles. The lowest BCUT2D eigenvalue weighted by atomic mass is 10.0. The topological polar surface area (TPSA) is 108 Å². The highest BCUT2D eigenvalue weighted by Gasteiger charge is 2.25. The minimum absolute atomic E-state index is 0.177. The van der Waals surface area contributed by atoms with Gasteiger partial charge in [-0.2, -0.15) is 0 Å². The van der Waals surface area contributed by atoms with Crippen molar-refractivity contribution < 1.29 is 42.9 Å². The molecule has 0 radical (unpaired) electrons. The molecule has 0 fully saturated rings. The zero-order chi connectivity index (χ0) is 59.1. The second-order valence-electron chi connectivity index (χ2n) is 25.2. The lowest BCUT2D eigenvalue weighted by Crippen LogP contribution is -2.40. The van der Waals surface area contributed by atoms with Gasteiger partial charge in [0.25, 0.3) is 6.29 Å². The van der Waals surface area contributed by atoms with Gasteiger partial charge in [-0.1, -0.05) is 301 Å². The summed E-state index contributed by atoms with van der Waals surface area (Å²) in [4.78, 5) is 37.6. The van der Waals surface area contributed by atoms with Gasteiger partial charge in [0.2, 0.25) is 0 Å². The number of rotatable bonds is 66. The maximum Gasteiger partial charge on any atom is 0.361 e. The third-order valence-corrected chi connectivity index (χ3v) is 15.9. The molecule has 81 heavy (non-hydrogen) atoms. The number of carboxylic acids is 1. The van der Waals surface area contributed by atoms with E-state index in [-0.39, 0.29) is 38.2 Å². The molecule has 0 amide bonds. The highest BCUT2D eigenvalue weighted by molar-refractivity contribution is 5.71. The number of hydrogen-bond donors (Lipinski definition) is 1. The van der Waals surface area contributed by atoms with E-state index >= 15 is 0 Å². The first-order valence-electron chi connectivity index (χ1n) is 35.2. The molecule has 0 saturated carbocycles. The molecule has 0 saturated heterocycles. The molecule has 0 bridgehead atoms. The zero-order valence-electron chi connectivity index (χ0n) is 54.5. The Morgan fingerprint density at radius 1 is 0.370 bits per heavy atom. The molecule has 476 valence electrons. The standard InChI is InChI=1S/C72H135NO8/c1-6-8-10-12-14-16-18-20-22-24-26-28-30-32-34-35-37-38-40-42-44-46-48-50-52-54-56-58-60-62-69(74)79-66-68(67-80-72(71(76)77)78-65-64-73(3,4)5)81-70(75)63-61-59-57-55-53-51-49-47-45-43-41-39-36-33-31-29-27-25-23-21-19-17-15-13-11-9-7-2/h19,21,24-27,68,72H,6-18,20,22-23,28-67H2,1-5H3/p+1/b21-19-,26-24-,27-25-. The van der Waals surface area contributed by atoms with Crippen LogP contribution in [0.1, 0.15) is 348 Å². The number of aliphatic carboxylic acids is 1. The van der Waals surface area contributed by atoms with Crippen LogP contribution in [-0.2, 0) is 33.3 Å². The van der Waals surface area contributed by atoms with Crippen LogP contribution in [0.25, 0.3) is 0 Å². The maximum atomic E-state index is 12.9. The Labute approximate surface area is 502 Å². The van der Waals surface area contributed by atoms with E-state index in [1.54, 1.807) is 0 Å². The Bertz CT molecular complexity index is 1420. The van der Waals surface area contributed by atoms with Crippen LogP contribution >= 0.6 is 0 Å². The van der Waals surface area contributed by atoms with Crippen molar-refractivity contribution in [3.8, 4) is 0 Å². The number of esters is 2. The summed E-state index contributed by atoms with van der Waals surface area (Å²) in [7, 11) is 5.99. The summed E-state index contributed by atoms with van der Waals surface area (Å²) in [5.74, 6) is -1.98. The molecule has 0 rings (SSSR count). The van der Waals surface area contributed by atoms with Gasteiger partial charge >= 0.3 is 17.9 Å². The van der Waals surface area contributed by atoms with Gasteiger partial charge in [-0.15, -0.1) is 0 Å². The predicted molar refractivity (Wildman–Crippen MR) is 346 cm³/mol. The first-order valence-corrected chi connectivity index (χ1v) is 35.2. The van der Waals surface area contributed by atoms with Crippen molar-refractivity contribution in [3.05, 3.63) is 36.5 Å². The van der Waals surface area contributed by atoms with Gasteiger partial charge in [0, 0.05) is 12.8 Å². The summed E-state index contributed by atoms with van der Waals surface area (Å²) in [6.07, 6.45) is 76.9. The molecule has 0 aromatic heterocycles.